The highest BCUT2D eigenvalue weighted by atomic mass is 79.9. The number of benzene rings is 2. The Hall–Kier alpha value is -3.57. The number of nitrogens with zero attached hydrogens (tertiary/aromatic N) is 2. The van der Waals surface area contributed by atoms with Gasteiger partial charge in [-0.1, -0.05) is 46.3 Å². The largest absolute Gasteiger partial charge is 0.459 e. The van der Waals surface area contributed by atoms with E-state index in [1.165, 1.54) is 0 Å². The van der Waals surface area contributed by atoms with Gasteiger partial charge in [-0.05, 0) is 44.5 Å². The number of esters is 1. The molecular weight excluding hydrogens is 486 g/mol. The van der Waals surface area contributed by atoms with Crippen molar-refractivity contribution >= 4 is 33.5 Å². The number of carbonyl (C=O) groups excluding carboxylic acids is 2. The van der Waals surface area contributed by atoms with Crippen LogP contribution in [0.4, 0.5) is 5.69 Å². The predicted octanol–water partition coefficient (Wildman–Crippen LogP) is 4.18. The van der Waals surface area contributed by atoms with Crippen LogP contribution in [-0.2, 0) is 31.0 Å². The predicted molar refractivity (Wildman–Crippen MR) is 125 cm³/mol. The number of hydrogen-bond acceptors (Lipinski definition) is 6. The van der Waals surface area contributed by atoms with Crippen LogP contribution >= 0.6 is 15.9 Å². The van der Waals surface area contributed by atoms with Gasteiger partial charge in [0.25, 0.3) is 0 Å². The number of nitrogens with two attached hydrogens (primary N) is 1. The molecule has 33 heavy (non-hydrogen) atoms. The Balaban J connectivity index is 1.98. The van der Waals surface area contributed by atoms with Gasteiger partial charge < -0.3 is 20.1 Å². The number of fused-ring (bicyclic) bond motifs is 2. The van der Waals surface area contributed by atoms with Crippen molar-refractivity contribution in [2.75, 3.05) is 4.90 Å². The second-order valence-electron chi connectivity index (χ2n) is 8.13. The van der Waals surface area contributed by atoms with Gasteiger partial charge in [0, 0.05) is 15.7 Å². The number of amides is 1. The SMILES string of the molecule is CC1=C(C(=O)OC(C)C)[C@@]2(C(=O)N(Cc3cccc(Br)c3)c3ccccc32)C(C#N)=C(N)O1. The fourth-order valence-corrected chi connectivity index (χ4v) is 4.91. The summed E-state index contributed by atoms with van der Waals surface area (Å²) in [5.74, 6) is -1.26. The van der Waals surface area contributed by atoms with E-state index in [4.69, 9.17) is 15.2 Å². The van der Waals surface area contributed by atoms with Crippen LogP contribution in [0.5, 0.6) is 0 Å². The van der Waals surface area contributed by atoms with Crippen molar-refractivity contribution in [1.82, 2.24) is 0 Å². The van der Waals surface area contributed by atoms with Crippen LogP contribution in [0.3, 0.4) is 0 Å². The molecule has 7 nitrogen and oxygen atoms in total. The molecule has 0 saturated heterocycles. The Bertz CT molecular complexity index is 1270. The second kappa shape index (κ2) is 8.41. The van der Waals surface area contributed by atoms with Crippen LogP contribution in [0.1, 0.15) is 31.9 Å². The Morgan fingerprint density at radius 1 is 1.27 bits per heavy atom. The highest BCUT2D eigenvalue weighted by Gasteiger charge is 2.62. The first kappa shape index (κ1) is 22.6. The summed E-state index contributed by atoms with van der Waals surface area (Å²) in [5, 5.41) is 10.1. The number of carbonyl (C=O) groups is 2. The number of anilines is 1. The summed E-state index contributed by atoms with van der Waals surface area (Å²) in [4.78, 5) is 29.1. The average molecular weight is 508 g/mol. The molecule has 4 rings (SSSR count). The van der Waals surface area contributed by atoms with Gasteiger partial charge in [-0.3, -0.25) is 4.79 Å². The number of hydrogen-bond donors (Lipinski definition) is 1. The van der Waals surface area contributed by atoms with Crippen molar-refractivity contribution in [3.63, 3.8) is 0 Å². The maximum Gasteiger partial charge on any atom is 0.339 e. The first-order valence-electron chi connectivity index (χ1n) is 10.4. The van der Waals surface area contributed by atoms with Crippen molar-refractivity contribution in [1.29, 1.82) is 5.26 Å². The normalized spacial score (nSPS) is 19.6. The van der Waals surface area contributed by atoms with Crippen LogP contribution in [0.25, 0.3) is 0 Å². The third kappa shape index (κ3) is 3.49. The van der Waals surface area contributed by atoms with Crippen molar-refractivity contribution < 1.29 is 19.1 Å². The third-order valence-electron chi connectivity index (χ3n) is 5.66. The lowest BCUT2D eigenvalue weighted by molar-refractivity contribution is -0.144. The molecule has 168 valence electrons. The standard InChI is InChI=1S/C25H22BrN3O4/c1-14(2)32-23(30)21-15(3)33-22(28)19(12-27)25(21)18-9-4-5-10-20(18)29(24(25)31)13-16-7-6-8-17(26)11-16/h4-11,14H,13,28H2,1-3H3/t25-/m0/s1. The fraction of sp³-hybridized carbons (Fsp3) is 0.240. The third-order valence-corrected chi connectivity index (χ3v) is 6.16. The van der Waals surface area contributed by atoms with E-state index in [1.54, 1.807) is 49.9 Å². The van der Waals surface area contributed by atoms with Gasteiger partial charge >= 0.3 is 5.97 Å². The van der Waals surface area contributed by atoms with Gasteiger partial charge in [0.2, 0.25) is 11.8 Å². The molecular formula is C25H22BrN3O4. The lowest BCUT2D eigenvalue weighted by atomic mass is 9.68. The molecule has 0 radical (unpaired) electrons. The number of halogens is 1. The average Bonchev–Trinajstić information content (AvgIpc) is 2.97. The summed E-state index contributed by atoms with van der Waals surface area (Å²) in [6.45, 7) is 5.21. The van der Waals surface area contributed by atoms with Gasteiger partial charge in [-0.15, -0.1) is 0 Å². The van der Waals surface area contributed by atoms with E-state index in [0.717, 1.165) is 10.0 Å². The Morgan fingerprint density at radius 3 is 2.67 bits per heavy atom. The minimum atomic E-state index is -1.75. The molecule has 0 aromatic heterocycles. The van der Waals surface area contributed by atoms with Gasteiger partial charge in [0.05, 0.1) is 12.6 Å². The van der Waals surface area contributed by atoms with E-state index >= 15 is 0 Å². The maximum atomic E-state index is 14.3. The van der Waals surface area contributed by atoms with Crippen molar-refractivity contribution in [3.8, 4) is 6.07 Å². The lowest BCUT2D eigenvalue weighted by Crippen LogP contribution is -2.48. The van der Waals surface area contributed by atoms with E-state index in [9.17, 15) is 14.9 Å². The van der Waals surface area contributed by atoms with Crippen molar-refractivity contribution in [3.05, 3.63) is 86.9 Å². The minimum Gasteiger partial charge on any atom is -0.459 e. The van der Waals surface area contributed by atoms with Crippen molar-refractivity contribution in [2.24, 2.45) is 5.73 Å². The van der Waals surface area contributed by atoms with E-state index < -0.39 is 23.4 Å². The number of rotatable bonds is 4. The zero-order chi connectivity index (χ0) is 23.9. The van der Waals surface area contributed by atoms with Gasteiger partial charge in [0.15, 0.2) is 5.41 Å². The molecule has 0 saturated carbocycles. The van der Waals surface area contributed by atoms with E-state index in [1.807, 2.05) is 30.3 Å². The summed E-state index contributed by atoms with van der Waals surface area (Å²) >= 11 is 3.46. The first-order valence-corrected chi connectivity index (χ1v) is 11.2. The molecule has 2 aliphatic heterocycles. The van der Waals surface area contributed by atoms with E-state index in [-0.39, 0.29) is 29.3 Å². The zero-order valence-electron chi connectivity index (χ0n) is 18.4. The second-order valence-corrected chi connectivity index (χ2v) is 9.04. The molecule has 0 unspecified atom stereocenters. The number of ether oxygens (including phenoxy) is 2. The van der Waals surface area contributed by atoms with Crippen LogP contribution < -0.4 is 10.6 Å². The Morgan fingerprint density at radius 2 is 2.00 bits per heavy atom. The molecule has 1 amide bonds. The first-order chi connectivity index (χ1) is 15.7. The molecule has 2 N–H and O–H groups in total. The Kier molecular flexibility index (Phi) is 5.76. The van der Waals surface area contributed by atoms with Gasteiger partial charge in [0.1, 0.15) is 23.0 Å². The summed E-state index contributed by atoms with van der Waals surface area (Å²) in [6, 6.07) is 16.7. The summed E-state index contributed by atoms with van der Waals surface area (Å²) in [6.07, 6.45) is -0.437. The summed E-state index contributed by atoms with van der Waals surface area (Å²) < 4.78 is 11.9. The van der Waals surface area contributed by atoms with Gasteiger partial charge in [-0.2, -0.15) is 5.26 Å². The molecule has 0 aliphatic carbocycles. The van der Waals surface area contributed by atoms with Crippen LogP contribution in [-0.4, -0.2) is 18.0 Å². The molecule has 2 aliphatic rings. The monoisotopic (exact) mass is 507 g/mol. The smallest absolute Gasteiger partial charge is 0.339 e. The van der Waals surface area contributed by atoms with Crippen molar-refractivity contribution in [2.45, 2.75) is 38.8 Å². The molecule has 0 fully saturated rings. The van der Waals surface area contributed by atoms with Crippen LogP contribution in [0.2, 0.25) is 0 Å². The van der Waals surface area contributed by atoms with E-state index in [0.29, 0.717) is 11.3 Å². The van der Waals surface area contributed by atoms with Crippen LogP contribution in [0.15, 0.2) is 75.8 Å². The zero-order valence-corrected chi connectivity index (χ0v) is 20.0. The summed E-state index contributed by atoms with van der Waals surface area (Å²) in [5.41, 5.74) is 6.15. The molecule has 2 aromatic rings. The molecule has 1 atom stereocenters. The molecule has 1 spiro atoms. The van der Waals surface area contributed by atoms with Crippen LogP contribution in [0, 0.1) is 11.3 Å². The highest BCUT2D eigenvalue weighted by molar-refractivity contribution is 9.10. The molecule has 8 heteroatoms. The summed E-state index contributed by atoms with van der Waals surface area (Å²) in [7, 11) is 0. The van der Waals surface area contributed by atoms with E-state index in [2.05, 4.69) is 15.9 Å². The number of para-hydroxylation sites is 1. The highest BCUT2D eigenvalue weighted by Crippen LogP contribution is 2.54. The maximum absolute atomic E-state index is 14.3. The molecule has 0 bridgehead atoms. The van der Waals surface area contributed by atoms with Gasteiger partial charge in [-0.25, -0.2) is 4.79 Å². The molecule has 2 heterocycles. The Labute approximate surface area is 200 Å². The minimum absolute atomic E-state index is 0.0313. The quantitative estimate of drug-likeness (QED) is 0.622. The number of nitriles is 1. The lowest BCUT2D eigenvalue weighted by Gasteiger charge is -2.35. The number of allylic oxidation sites excluding steroid dienone is 1. The topological polar surface area (TPSA) is 106 Å². The fourth-order valence-electron chi connectivity index (χ4n) is 4.46. The molecule has 2 aromatic carbocycles.